The lowest BCUT2D eigenvalue weighted by Crippen LogP contribution is -2.51. The Bertz CT molecular complexity index is 578. The molecular weight excluding hydrogens is 282 g/mol. The van der Waals surface area contributed by atoms with Crippen LogP contribution >= 0.6 is 11.6 Å². The number of hydrogen-bond acceptors (Lipinski definition) is 4. The maximum Gasteiger partial charge on any atom is 0.335 e. The van der Waals surface area contributed by atoms with Crippen molar-refractivity contribution >= 4 is 29.3 Å². The fraction of sp³-hybridized carbons (Fsp3) is 0.462. The highest BCUT2D eigenvalue weighted by Gasteiger charge is 2.35. The monoisotopic (exact) mass is 295 g/mol. The van der Waals surface area contributed by atoms with Gasteiger partial charge in [-0.15, -0.1) is 0 Å². The van der Waals surface area contributed by atoms with Crippen LogP contribution in [0, 0.1) is 0 Å². The molecule has 0 radical (unpaired) electrons. The van der Waals surface area contributed by atoms with E-state index in [1.54, 1.807) is 0 Å². The zero-order valence-electron chi connectivity index (χ0n) is 10.8. The van der Waals surface area contributed by atoms with Crippen molar-refractivity contribution in [2.24, 2.45) is 0 Å². The predicted molar refractivity (Wildman–Crippen MR) is 73.2 cm³/mol. The molecule has 20 heavy (non-hydrogen) atoms. The summed E-state index contributed by atoms with van der Waals surface area (Å²) in [4.78, 5) is 30.8. The van der Waals surface area contributed by atoms with Gasteiger partial charge >= 0.3 is 5.97 Å². The molecule has 1 amide bonds. The first-order valence-electron chi connectivity index (χ1n) is 6.50. The van der Waals surface area contributed by atoms with Crippen LogP contribution in [0.15, 0.2) is 12.1 Å². The molecule has 6 nitrogen and oxygen atoms in total. The number of nitrogens with zero attached hydrogens (tertiary/aromatic N) is 3. The lowest BCUT2D eigenvalue weighted by atomic mass is 10.1. The van der Waals surface area contributed by atoms with E-state index in [9.17, 15) is 9.59 Å². The highest BCUT2D eigenvalue weighted by Crippen LogP contribution is 2.26. The van der Waals surface area contributed by atoms with Crippen LogP contribution in [0.5, 0.6) is 0 Å². The molecule has 3 rings (SSSR count). The number of rotatable bonds is 2. The van der Waals surface area contributed by atoms with E-state index in [4.69, 9.17) is 16.7 Å². The van der Waals surface area contributed by atoms with Crippen LogP contribution in [0.3, 0.4) is 0 Å². The molecule has 1 aromatic rings. The Hall–Kier alpha value is -1.82. The summed E-state index contributed by atoms with van der Waals surface area (Å²) >= 11 is 5.88. The van der Waals surface area contributed by atoms with E-state index >= 15 is 0 Å². The number of aromatic carboxylic acids is 1. The number of carbonyl (C=O) groups is 2. The number of fused-ring (bicyclic) bond motifs is 1. The first kappa shape index (κ1) is 13.2. The second kappa shape index (κ2) is 4.94. The van der Waals surface area contributed by atoms with E-state index in [0.717, 1.165) is 6.42 Å². The van der Waals surface area contributed by atoms with Gasteiger partial charge in [0.2, 0.25) is 5.91 Å². The average molecular weight is 296 g/mol. The fourth-order valence-corrected chi connectivity index (χ4v) is 3.05. The van der Waals surface area contributed by atoms with E-state index in [-0.39, 0.29) is 22.7 Å². The van der Waals surface area contributed by atoms with Gasteiger partial charge in [-0.1, -0.05) is 11.6 Å². The maximum absolute atomic E-state index is 11.6. The zero-order valence-corrected chi connectivity index (χ0v) is 11.5. The molecule has 0 bridgehead atoms. The lowest BCUT2D eigenvalue weighted by molar-refractivity contribution is -0.129. The summed E-state index contributed by atoms with van der Waals surface area (Å²) in [5.74, 6) is -0.251. The van der Waals surface area contributed by atoms with Crippen LogP contribution in [-0.4, -0.2) is 52.5 Å². The van der Waals surface area contributed by atoms with Crippen molar-refractivity contribution in [2.75, 3.05) is 24.5 Å². The van der Waals surface area contributed by atoms with Crippen molar-refractivity contribution in [3.8, 4) is 0 Å². The van der Waals surface area contributed by atoms with E-state index in [1.807, 2.05) is 9.80 Å². The molecule has 2 saturated heterocycles. The zero-order chi connectivity index (χ0) is 14.3. The number of anilines is 1. The van der Waals surface area contributed by atoms with Gasteiger partial charge in [-0.05, 0) is 18.6 Å². The molecular formula is C13H14ClN3O3. The number of carbonyl (C=O) groups excluding carboxylic acids is 1. The Labute approximate surface area is 120 Å². The Morgan fingerprint density at radius 1 is 1.40 bits per heavy atom. The number of halogens is 1. The molecule has 1 aromatic heterocycles. The Morgan fingerprint density at radius 2 is 2.20 bits per heavy atom. The molecule has 1 unspecified atom stereocenters. The molecule has 3 heterocycles. The summed E-state index contributed by atoms with van der Waals surface area (Å²) in [6.45, 7) is 1.98. The standard InChI is InChI=1S/C13H14ClN3O3/c14-10-5-8(13(19)20)6-11(15-10)16-3-4-17-9(7-16)1-2-12(17)18/h5-6,9H,1-4,7H2,(H,19,20). The van der Waals surface area contributed by atoms with Gasteiger partial charge in [-0.2, -0.15) is 0 Å². The molecule has 0 aromatic carbocycles. The highest BCUT2D eigenvalue weighted by atomic mass is 35.5. The molecule has 1 N–H and O–H groups in total. The van der Waals surface area contributed by atoms with Crippen LogP contribution in [-0.2, 0) is 4.79 Å². The van der Waals surface area contributed by atoms with Gasteiger partial charge in [-0.25, -0.2) is 9.78 Å². The molecule has 2 fully saturated rings. The molecule has 7 heteroatoms. The van der Waals surface area contributed by atoms with E-state index in [2.05, 4.69) is 4.98 Å². The van der Waals surface area contributed by atoms with Gasteiger partial charge in [0.1, 0.15) is 11.0 Å². The average Bonchev–Trinajstić information content (AvgIpc) is 2.79. The summed E-state index contributed by atoms with van der Waals surface area (Å²) in [7, 11) is 0. The van der Waals surface area contributed by atoms with E-state index < -0.39 is 5.97 Å². The molecule has 0 saturated carbocycles. The van der Waals surface area contributed by atoms with Crippen molar-refractivity contribution in [1.82, 2.24) is 9.88 Å². The Kier molecular flexibility index (Phi) is 3.25. The van der Waals surface area contributed by atoms with Crippen molar-refractivity contribution in [3.05, 3.63) is 22.8 Å². The minimum atomic E-state index is -1.02. The highest BCUT2D eigenvalue weighted by molar-refractivity contribution is 6.29. The summed E-state index contributed by atoms with van der Waals surface area (Å²) < 4.78 is 0. The summed E-state index contributed by atoms with van der Waals surface area (Å²) in [6, 6.07) is 3.06. The quantitative estimate of drug-likeness (QED) is 0.831. The van der Waals surface area contributed by atoms with E-state index in [0.29, 0.717) is 31.9 Å². The second-order valence-electron chi connectivity index (χ2n) is 5.07. The summed E-state index contributed by atoms with van der Waals surface area (Å²) in [5.41, 5.74) is 0.130. The van der Waals surface area contributed by atoms with Gasteiger partial charge in [0.15, 0.2) is 0 Å². The topological polar surface area (TPSA) is 73.7 Å². The van der Waals surface area contributed by atoms with Crippen molar-refractivity contribution in [2.45, 2.75) is 18.9 Å². The number of carboxylic acid groups (broad SMARTS) is 1. The Morgan fingerprint density at radius 3 is 2.95 bits per heavy atom. The number of hydrogen-bond donors (Lipinski definition) is 1. The largest absolute Gasteiger partial charge is 0.478 e. The molecule has 2 aliphatic heterocycles. The number of piperazine rings is 1. The minimum absolute atomic E-state index is 0.130. The molecule has 2 aliphatic rings. The summed E-state index contributed by atoms with van der Waals surface area (Å²) in [6.07, 6.45) is 1.45. The maximum atomic E-state index is 11.6. The smallest absolute Gasteiger partial charge is 0.335 e. The second-order valence-corrected chi connectivity index (χ2v) is 5.45. The summed E-state index contributed by atoms with van der Waals surface area (Å²) in [5, 5.41) is 9.23. The number of pyridine rings is 1. The molecule has 0 spiro atoms. The third-order valence-corrected chi connectivity index (χ3v) is 4.04. The minimum Gasteiger partial charge on any atom is -0.478 e. The van der Waals surface area contributed by atoms with Gasteiger partial charge < -0.3 is 14.9 Å². The number of carboxylic acids is 1. The van der Waals surface area contributed by atoms with Crippen LogP contribution < -0.4 is 4.90 Å². The van der Waals surface area contributed by atoms with Gasteiger partial charge in [-0.3, -0.25) is 4.79 Å². The molecule has 1 atom stereocenters. The lowest BCUT2D eigenvalue weighted by Gasteiger charge is -2.38. The predicted octanol–water partition coefficient (Wildman–Crippen LogP) is 1.24. The number of amides is 1. The van der Waals surface area contributed by atoms with Crippen LogP contribution in [0.4, 0.5) is 5.82 Å². The van der Waals surface area contributed by atoms with Crippen LogP contribution in [0.2, 0.25) is 5.15 Å². The first-order chi connectivity index (χ1) is 9.54. The SMILES string of the molecule is O=C(O)c1cc(Cl)nc(N2CCN3C(=O)CCC3C2)c1. The normalized spacial score (nSPS) is 22.1. The fourth-order valence-electron chi connectivity index (χ4n) is 2.84. The van der Waals surface area contributed by atoms with Crippen molar-refractivity contribution in [3.63, 3.8) is 0 Å². The van der Waals surface area contributed by atoms with Crippen molar-refractivity contribution < 1.29 is 14.7 Å². The van der Waals surface area contributed by atoms with Crippen LogP contribution in [0.25, 0.3) is 0 Å². The molecule has 106 valence electrons. The third kappa shape index (κ3) is 2.31. The van der Waals surface area contributed by atoms with Crippen LogP contribution in [0.1, 0.15) is 23.2 Å². The number of aromatic nitrogens is 1. The van der Waals surface area contributed by atoms with Gasteiger partial charge in [0.25, 0.3) is 0 Å². The third-order valence-electron chi connectivity index (χ3n) is 3.85. The van der Waals surface area contributed by atoms with Gasteiger partial charge in [0, 0.05) is 32.1 Å². The van der Waals surface area contributed by atoms with E-state index in [1.165, 1.54) is 12.1 Å². The molecule has 0 aliphatic carbocycles. The first-order valence-corrected chi connectivity index (χ1v) is 6.87. The Balaban J connectivity index is 1.83. The van der Waals surface area contributed by atoms with Crippen molar-refractivity contribution in [1.29, 1.82) is 0 Å². The van der Waals surface area contributed by atoms with Gasteiger partial charge in [0.05, 0.1) is 5.56 Å².